The van der Waals surface area contributed by atoms with Crippen molar-refractivity contribution < 1.29 is 4.42 Å². The van der Waals surface area contributed by atoms with Crippen LogP contribution in [0.3, 0.4) is 0 Å². The molecule has 0 spiro atoms. The molecule has 0 radical (unpaired) electrons. The third-order valence-corrected chi connectivity index (χ3v) is 3.67. The van der Waals surface area contributed by atoms with Gasteiger partial charge in [0.1, 0.15) is 11.5 Å². The number of hydrogen-bond acceptors (Lipinski definition) is 3. The van der Waals surface area contributed by atoms with Gasteiger partial charge in [-0.3, -0.25) is 4.98 Å². The monoisotopic (exact) mass is 266 g/mol. The van der Waals surface area contributed by atoms with Crippen molar-refractivity contribution in [2.45, 2.75) is 19.4 Å². The van der Waals surface area contributed by atoms with Gasteiger partial charge in [0.15, 0.2) is 0 Å². The van der Waals surface area contributed by atoms with E-state index in [4.69, 9.17) is 4.42 Å². The molecule has 0 aliphatic rings. The van der Waals surface area contributed by atoms with Gasteiger partial charge in [0.2, 0.25) is 0 Å². The highest BCUT2D eigenvalue weighted by atomic mass is 16.3. The summed E-state index contributed by atoms with van der Waals surface area (Å²) in [5, 5.41) is 5.56. The van der Waals surface area contributed by atoms with E-state index in [9.17, 15) is 0 Å². The predicted molar refractivity (Wildman–Crippen MR) is 81.5 cm³/mol. The number of aromatic nitrogens is 1. The zero-order valence-electron chi connectivity index (χ0n) is 11.8. The van der Waals surface area contributed by atoms with Gasteiger partial charge in [-0.05, 0) is 37.1 Å². The van der Waals surface area contributed by atoms with Gasteiger partial charge in [-0.15, -0.1) is 0 Å². The number of pyridine rings is 1. The molecular weight excluding hydrogens is 248 g/mol. The lowest BCUT2D eigenvalue weighted by molar-refractivity contribution is 0.431. The van der Waals surface area contributed by atoms with Crippen molar-refractivity contribution >= 4 is 10.8 Å². The van der Waals surface area contributed by atoms with E-state index in [-0.39, 0.29) is 6.04 Å². The van der Waals surface area contributed by atoms with Crippen LogP contribution in [0.25, 0.3) is 22.1 Å². The van der Waals surface area contributed by atoms with Crippen LogP contribution in [0.2, 0.25) is 0 Å². The Labute approximate surface area is 118 Å². The quantitative estimate of drug-likeness (QED) is 0.770. The fraction of sp³-hybridized carbons (Fsp3) is 0.235. The molecule has 1 aromatic carbocycles. The first-order chi connectivity index (χ1) is 9.83. The molecule has 0 fully saturated rings. The Bertz CT molecular complexity index is 708. The second-order valence-corrected chi connectivity index (χ2v) is 4.85. The van der Waals surface area contributed by atoms with Crippen molar-refractivity contribution in [1.82, 2.24) is 10.3 Å². The summed E-state index contributed by atoms with van der Waals surface area (Å²) >= 11 is 0. The molecule has 0 saturated carbocycles. The Kier molecular flexibility index (Phi) is 3.52. The van der Waals surface area contributed by atoms with Crippen LogP contribution >= 0.6 is 0 Å². The molecule has 1 atom stereocenters. The van der Waals surface area contributed by atoms with Gasteiger partial charge in [0.05, 0.1) is 6.04 Å². The highest BCUT2D eigenvalue weighted by molar-refractivity contribution is 5.94. The fourth-order valence-corrected chi connectivity index (χ4v) is 2.57. The van der Waals surface area contributed by atoms with E-state index < -0.39 is 0 Å². The van der Waals surface area contributed by atoms with E-state index in [1.807, 2.05) is 37.6 Å². The Hall–Kier alpha value is -2.13. The van der Waals surface area contributed by atoms with Crippen LogP contribution in [0.15, 0.2) is 53.2 Å². The van der Waals surface area contributed by atoms with Gasteiger partial charge in [0.25, 0.3) is 0 Å². The number of fused-ring (bicyclic) bond motifs is 1. The minimum atomic E-state index is 0.264. The Morgan fingerprint density at radius 1 is 1.20 bits per heavy atom. The molecule has 0 aliphatic carbocycles. The van der Waals surface area contributed by atoms with E-state index in [0.717, 1.165) is 28.9 Å². The zero-order valence-corrected chi connectivity index (χ0v) is 11.8. The first-order valence-electron chi connectivity index (χ1n) is 6.93. The highest BCUT2D eigenvalue weighted by Crippen LogP contribution is 2.31. The van der Waals surface area contributed by atoms with Gasteiger partial charge in [0, 0.05) is 23.3 Å². The summed E-state index contributed by atoms with van der Waals surface area (Å²) < 4.78 is 6.04. The van der Waals surface area contributed by atoms with Crippen LogP contribution in [-0.4, -0.2) is 12.0 Å². The summed E-state index contributed by atoms with van der Waals surface area (Å²) in [5.41, 5.74) is 1.11. The van der Waals surface area contributed by atoms with E-state index in [1.54, 1.807) is 0 Å². The topological polar surface area (TPSA) is 38.1 Å². The van der Waals surface area contributed by atoms with Gasteiger partial charge in [-0.2, -0.15) is 0 Å². The predicted octanol–water partition coefficient (Wildman–Crippen LogP) is 4.17. The SMILES string of the molecule is CCC(NC)c1ccc(-c2cccc3cnccc23)o1. The van der Waals surface area contributed by atoms with Crippen LogP contribution in [0, 0.1) is 0 Å². The van der Waals surface area contributed by atoms with Crippen LogP contribution < -0.4 is 5.32 Å². The lowest BCUT2D eigenvalue weighted by Gasteiger charge is -2.10. The average Bonchev–Trinajstić information content (AvgIpc) is 2.97. The van der Waals surface area contributed by atoms with Crippen molar-refractivity contribution in [3.05, 3.63) is 54.6 Å². The summed E-state index contributed by atoms with van der Waals surface area (Å²) in [5.74, 6) is 1.89. The largest absolute Gasteiger partial charge is 0.459 e. The fourth-order valence-electron chi connectivity index (χ4n) is 2.57. The summed E-state index contributed by atoms with van der Waals surface area (Å²) in [4.78, 5) is 4.17. The summed E-state index contributed by atoms with van der Waals surface area (Å²) in [6.07, 6.45) is 4.70. The molecule has 2 heterocycles. The van der Waals surface area contributed by atoms with Crippen LogP contribution in [-0.2, 0) is 0 Å². The van der Waals surface area contributed by atoms with Gasteiger partial charge in [-0.1, -0.05) is 25.1 Å². The maximum atomic E-state index is 6.04. The molecule has 0 saturated heterocycles. The average molecular weight is 266 g/mol. The number of nitrogens with zero attached hydrogens (tertiary/aromatic N) is 1. The molecule has 0 bridgehead atoms. The van der Waals surface area contributed by atoms with Gasteiger partial charge in [-0.25, -0.2) is 0 Å². The molecule has 1 unspecified atom stereocenters. The van der Waals surface area contributed by atoms with Gasteiger partial charge < -0.3 is 9.73 Å². The minimum Gasteiger partial charge on any atom is -0.459 e. The third kappa shape index (κ3) is 2.21. The summed E-state index contributed by atoms with van der Waals surface area (Å²) in [6, 6.07) is 12.6. The molecule has 102 valence electrons. The number of nitrogens with one attached hydrogen (secondary N) is 1. The Morgan fingerprint density at radius 2 is 2.10 bits per heavy atom. The third-order valence-electron chi connectivity index (χ3n) is 3.67. The van der Waals surface area contributed by atoms with Crippen molar-refractivity contribution in [1.29, 1.82) is 0 Å². The zero-order chi connectivity index (χ0) is 13.9. The molecule has 1 N–H and O–H groups in total. The smallest absolute Gasteiger partial charge is 0.134 e. The van der Waals surface area contributed by atoms with E-state index >= 15 is 0 Å². The summed E-state index contributed by atoms with van der Waals surface area (Å²) in [6.45, 7) is 2.15. The van der Waals surface area contributed by atoms with Crippen molar-refractivity contribution in [3.8, 4) is 11.3 Å². The standard InChI is InChI=1S/C17H18N2O/c1-3-15(18-2)17-8-7-16(20-17)14-6-4-5-12-11-19-10-9-13(12)14/h4-11,15,18H,3H2,1-2H3. The normalized spacial score (nSPS) is 12.7. The van der Waals surface area contributed by atoms with Crippen LogP contribution in [0.4, 0.5) is 0 Å². The molecule has 20 heavy (non-hydrogen) atoms. The number of furan rings is 1. The molecule has 3 heteroatoms. The molecule has 0 amide bonds. The molecule has 3 rings (SSSR count). The maximum Gasteiger partial charge on any atom is 0.134 e. The first kappa shape index (κ1) is 12.9. The lowest BCUT2D eigenvalue weighted by atomic mass is 10.1. The summed E-state index contributed by atoms with van der Waals surface area (Å²) in [7, 11) is 1.96. The van der Waals surface area contributed by atoms with Crippen molar-refractivity contribution in [2.75, 3.05) is 7.05 Å². The lowest BCUT2D eigenvalue weighted by Crippen LogP contribution is -2.14. The van der Waals surface area contributed by atoms with Crippen LogP contribution in [0.5, 0.6) is 0 Å². The highest BCUT2D eigenvalue weighted by Gasteiger charge is 2.13. The maximum absolute atomic E-state index is 6.04. The Morgan fingerprint density at radius 3 is 2.90 bits per heavy atom. The van der Waals surface area contributed by atoms with E-state index in [2.05, 4.69) is 35.4 Å². The number of benzene rings is 1. The first-order valence-corrected chi connectivity index (χ1v) is 6.93. The number of hydrogen-bond donors (Lipinski definition) is 1. The van der Waals surface area contributed by atoms with Gasteiger partial charge >= 0.3 is 0 Å². The van der Waals surface area contributed by atoms with Crippen LogP contribution in [0.1, 0.15) is 25.1 Å². The molecule has 2 aromatic heterocycles. The second-order valence-electron chi connectivity index (χ2n) is 4.85. The number of rotatable bonds is 4. The molecular formula is C17H18N2O. The molecule has 3 nitrogen and oxygen atoms in total. The van der Waals surface area contributed by atoms with E-state index in [0.29, 0.717) is 0 Å². The minimum absolute atomic E-state index is 0.264. The molecule has 3 aromatic rings. The second kappa shape index (κ2) is 5.47. The van der Waals surface area contributed by atoms with E-state index in [1.165, 1.54) is 5.39 Å². The Balaban J connectivity index is 2.08. The molecule has 0 aliphatic heterocycles. The van der Waals surface area contributed by atoms with Crippen molar-refractivity contribution in [3.63, 3.8) is 0 Å². The van der Waals surface area contributed by atoms with Crippen molar-refractivity contribution in [2.24, 2.45) is 0 Å².